The van der Waals surface area contributed by atoms with Crippen molar-refractivity contribution in [2.75, 3.05) is 6.61 Å². The van der Waals surface area contributed by atoms with E-state index in [9.17, 15) is 15.3 Å². The molecule has 16 heavy (non-hydrogen) atoms. The summed E-state index contributed by atoms with van der Waals surface area (Å²) in [5.41, 5.74) is -0.332. The molecule has 1 aliphatic heterocycles. The first-order chi connectivity index (χ1) is 7.26. The van der Waals surface area contributed by atoms with Crippen LogP contribution in [0.25, 0.3) is 0 Å². The monoisotopic (exact) mass is 235 g/mol. The van der Waals surface area contributed by atoms with Crippen molar-refractivity contribution in [3.63, 3.8) is 0 Å². The van der Waals surface area contributed by atoms with Crippen molar-refractivity contribution in [2.24, 2.45) is 0 Å². The van der Waals surface area contributed by atoms with Crippen LogP contribution < -0.4 is 5.32 Å². The summed E-state index contributed by atoms with van der Waals surface area (Å²) in [7, 11) is 0. The largest absolute Gasteiger partial charge is 0.394 e. The summed E-state index contributed by atoms with van der Waals surface area (Å²) in [6, 6.07) is -0.780. The summed E-state index contributed by atoms with van der Waals surface area (Å²) < 4.78 is 5.01. The standard InChI is InChI=1S/C10H21NO5/c1-10(2,3)11-6-8(14)7(13)5(4-12)16-9(6)15/h5-9,11-15H,4H2,1-3H3/t5?,6?,7-,8-,9-/m1/s1. The molecule has 1 rings (SSSR count). The highest BCUT2D eigenvalue weighted by Crippen LogP contribution is 2.21. The summed E-state index contributed by atoms with van der Waals surface area (Å²) >= 11 is 0. The Kier molecular flexibility index (Phi) is 4.28. The highest BCUT2D eigenvalue weighted by molar-refractivity contribution is 4.95. The van der Waals surface area contributed by atoms with Gasteiger partial charge in [-0.2, -0.15) is 0 Å². The van der Waals surface area contributed by atoms with Gasteiger partial charge in [-0.15, -0.1) is 0 Å². The summed E-state index contributed by atoms with van der Waals surface area (Å²) in [6.45, 7) is 5.17. The average Bonchev–Trinajstić information content (AvgIpc) is 2.17. The molecule has 1 heterocycles. The minimum Gasteiger partial charge on any atom is -0.394 e. The summed E-state index contributed by atoms with van der Waals surface area (Å²) in [6.07, 6.45) is -4.61. The maximum atomic E-state index is 9.81. The van der Waals surface area contributed by atoms with E-state index in [-0.39, 0.29) is 5.54 Å². The van der Waals surface area contributed by atoms with Gasteiger partial charge >= 0.3 is 0 Å². The van der Waals surface area contributed by atoms with E-state index < -0.39 is 37.3 Å². The van der Waals surface area contributed by atoms with Crippen molar-refractivity contribution in [2.45, 2.75) is 57.0 Å². The van der Waals surface area contributed by atoms with Crippen LogP contribution in [0.3, 0.4) is 0 Å². The highest BCUT2D eigenvalue weighted by Gasteiger charge is 2.44. The molecular weight excluding hydrogens is 214 g/mol. The molecule has 0 aromatic rings. The van der Waals surface area contributed by atoms with Gasteiger partial charge < -0.3 is 30.5 Å². The molecule has 1 saturated heterocycles. The molecule has 0 spiro atoms. The molecule has 6 heteroatoms. The van der Waals surface area contributed by atoms with Crippen LogP contribution in [-0.4, -0.2) is 63.2 Å². The molecule has 0 bridgehead atoms. The van der Waals surface area contributed by atoms with E-state index in [0.717, 1.165) is 0 Å². The van der Waals surface area contributed by atoms with E-state index >= 15 is 0 Å². The van der Waals surface area contributed by atoms with E-state index in [0.29, 0.717) is 0 Å². The lowest BCUT2D eigenvalue weighted by molar-refractivity contribution is -0.256. The third-order valence-corrected chi connectivity index (χ3v) is 2.50. The lowest BCUT2D eigenvalue weighted by Gasteiger charge is -2.43. The van der Waals surface area contributed by atoms with Gasteiger partial charge in [0.15, 0.2) is 6.29 Å². The van der Waals surface area contributed by atoms with Crippen LogP contribution in [0.2, 0.25) is 0 Å². The summed E-state index contributed by atoms with van der Waals surface area (Å²) in [4.78, 5) is 0. The first-order valence-electron chi connectivity index (χ1n) is 5.34. The fourth-order valence-electron chi connectivity index (χ4n) is 1.75. The van der Waals surface area contributed by atoms with Gasteiger partial charge in [-0.25, -0.2) is 0 Å². The maximum absolute atomic E-state index is 9.81. The number of hydrogen-bond donors (Lipinski definition) is 5. The van der Waals surface area contributed by atoms with Gasteiger partial charge in [-0.05, 0) is 20.8 Å². The number of aliphatic hydroxyl groups excluding tert-OH is 4. The van der Waals surface area contributed by atoms with Crippen molar-refractivity contribution in [3.05, 3.63) is 0 Å². The Balaban J connectivity index is 2.72. The lowest BCUT2D eigenvalue weighted by atomic mass is 9.94. The average molecular weight is 235 g/mol. The smallest absolute Gasteiger partial charge is 0.173 e. The predicted octanol–water partition coefficient (Wildman–Crippen LogP) is -1.83. The molecule has 0 radical (unpaired) electrons. The minimum absolute atomic E-state index is 0.332. The Labute approximate surface area is 94.9 Å². The number of rotatable bonds is 2. The normalized spacial score (nSPS) is 41.1. The van der Waals surface area contributed by atoms with Gasteiger partial charge in [0.2, 0.25) is 0 Å². The SMILES string of the molecule is CC(C)(C)NC1[C@H](O)OC(CO)[C@@H](O)[C@@H]1O. The third-order valence-electron chi connectivity index (χ3n) is 2.50. The van der Waals surface area contributed by atoms with Gasteiger partial charge in [-0.1, -0.05) is 0 Å². The van der Waals surface area contributed by atoms with Crippen LogP contribution in [0.15, 0.2) is 0 Å². The summed E-state index contributed by atoms with van der Waals surface area (Å²) in [5.74, 6) is 0. The molecule has 5 atom stereocenters. The number of ether oxygens (including phenoxy) is 1. The molecule has 1 fully saturated rings. The Hall–Kier alpha value is -0.240. The van der Waals surface area contributed by atoms with E-state index in [1.807, 2.05) is 20.8 Å². The van der Waals surface area contributed by atoms with Gasteiger partial charge in [0.25, 0.3) is 0 Å². The first kappa shape index (κ1) is 13.8. The van der Waals surface area contributed by atoms with Crippen LogP contribution >= 0.6 is 0 Å². The molecule has 1 aliphatic rings. The Morgan fingerprint density at radius 1 is 1.12 bits per heavy atom. The fourth-order valence-corrected chi connectivity index (χ4v) is 1.75. The van der Waals surface area contributed by atoms with Crippen LogP contribution in [0.5, 0.6) is 0 Å². The van der Waals surface area contributed by atoms with Crippen molar-refractivity contribution in [1.29, 1.82) is 0 Å². The zero-order valence-corrected chi connectivity index (χ0v) is 9.79. The second kappa shape index (κ2) is 4.95. The number of nitrogens with one attached hydrogen (secondary N) is 1. The molecule has 96 valence electrons. The van der Waals surface area contributed by atoms with Crippen LogP contribution in [-0.2, 0) is 4.74 Å². The zero-order chi connectivity index (χ0) is 12.5. The maximum Gasteiger partial charge on any atom is 0.173 e. The lowest BCUT2D eigenvalue weighted by Crippen LogP contribution is -2.65. The quantitative estimate of drug-likeness (QED) is 0.386. The van der Waals surface area contributed by atoms with Gasteiger partial charge in [0.1, 0.15) is 18.3 Å². The van der Waals surface area contributed by atoms with E-state index in [4.69, 9.17) is 9.84 Å². The molecule has 5 N–H and O–H groups in total. The van der Waals surface area contributed by atoms with E-state index in [1.165, 1.54) is 0 Å². The number of hydrogen-bond acceptors (Lipinski definition) is 6. The van der Waals surface area contributed by atoms with Crippen LogP contribution in [0.4, 0.5) is 0 Å². The van der Waals surface area contributed by atoms with Crippen LogP contribution in [0, 0.1) is 0 Å². The van der Waals surface area contributed by atoms with E-state index in [2.05, 4.69) is 5.32 Å². The molecule has 0 amide bonds. The minimum atomic E-state index is -1.25. The molecule has 0 aromatic heterocycles. The van der Waals surface area contributed by atoms with Crippen molar-refractivity contribution in [1.82, 2.24) is 5.32 Å². The zero-order valence-electron chi connectivity index (χ0n) is 9.79. The topological polar surface area (TPSA) is 102 Å². The molecule has 0 aliphatic carbocycles. The van der Waals surface area contributed by atoms with Gasteiger partial charge in [0, 0.05) is 5.54 Å². The molecular formula is C10H21NO5. The molecule has 6 nitrogen and oxygen atoms in total. The fraction of sp³-hybridized carbons (Fsp3) is 1.00. The van der Waals surface area contributed by atoms with Gasteiger partial charge in [0.05, 0.1) is 12.6 Å². The Morgan fingerprint density at radius 2 is 1.69 bits per heavy atom. The Morgan fingerprint density at radius 3 is 2.12 bits per heavy atom. The molecule has 0 aromatic carbocycles. The second-order valence-electron chi connectivity index (χ2n) is 5.15. The molecule has 0 saturated carbocycles. The first-order valence-corrected chi connectivity index (χ1v) is 5.34. The number of aliphatic hydroxyl groups is 4. The van der Waals surface area contributed by atoms with Crippen molar-refractivity contribution in [3.8, 4) is 0 Å². The van der Waals surface area contributed by atoms with Crippen molar-refractivity contribution >= 4 is 0 Å². The highest BCUT2D eigenvalue weighted by atomic mass is 16.6. The van der Waals surface area contributed by atoms with E-state index in [1.54, 1.807) is 0 Å². The van der Waals surface area contributed by atoms with Gasteiger partial charge in [-0.3, -0.25) is 0 Å². The Bertz CT molecular complexity index is 230. The molecule has 2 unspecified atom stereocenters. The third kappa shape index (κ3) is 3.13. The summed E-state index contributed by atoms with van der Waals surface area (Å²) in [5, 5.41) is 41.0. The van der Waals surface area contributed by atoms with Crippen molar-refractivity contribution < 1.29 is 25.2 Å². The van der Waals surface area contributed by atoms with Crippen LogP contribution in [0.1, 0.15) is 20.8 Å². The second-order valence-corrected chi connectivity index (χ2v) is 5.15. The predicted molar refractivity (Wildman–Crippen MR) is 56.7 cm³/mol.